The minimum Gasteiger partial charge on any atom is -0.382 e. The van der Waals surface area contributed by atoms with Crippen LogP contribution in [-0.4, -0.2) is 74.7 Å². The van der Waals surface area contributed by atoms with Crippen LogP contribution in [0.3, 0.4) is 0 Å². The fraction of sp³-hybridized carbons (Fsp3) is 0.857. The summed E-state index contributed by atoms with van der Waals surface area (Å²) in [6.07, 6.45) is 2.92. The lowest BCUT2D eigenvalue weighted by molar-refractivity contribution is -0.137. The third-order valence-electron chi connectivity index (χ3n) is 3.74. The van der Waals surface area contributed by atoms with Crippen LogP contribution in [0.15, 0.2) is 0 Å². The molecule has 1 saturated heterocycles. The maximum atomic E-state index is 12.0. The van der Waals surface area contributed by atoms with Crippen LogP contribution in [0.2, 0.25) is 0 Å². The molecular weight excluding hydrogens is 260 g/mol. The predicted octanol–water partition coefficient (Wildman–Crippen LogP) is 0.120. The van der Waals surface area contributed by atoms with Crippen LogP contribution in [0.5, 0.6) is 0 Å². The summed E-state index contributed by atoms with van der Waals surface area (Å²) in [4.78, 5) is 27.7. The minimum absolute atomic E-state index is 0.00169. The van der Waals surface area contributed by atoms with E-state index in [1.807, 2.05) is 4.90 Å². The maximum Gasteiger partial charge on any atom is 0.248 e. The lowest BCUT2D eigenvalue weighted by Crippen LogP contribution is -2.39. The van der Waals surface area contributed by atoms with Crippen molar-refractivity contribution in [3.8, 4) is 0 Å². The Bertz CT molecular complexity index is 344. The van der Waals surface area contributed by atoms with Crippen molar-refractivity contribution in [2.45, 2.75) is 19.3 Å². The molecule has 1 saturated carbocycles. The van der Waals surface area contributed by atoms with Gasteiger partial charge in [0.2, 0.25) is 11.8 Å². The Morgan fingerprint density at radius 1 is 1.05 bits per heavy atom. The average Bonchev–Trinajstić information content (AvgIpc) is 3.28. The second-order valence-electron chi connectivity index (χ2n) is 5.38. The van der Waals surface area contributed by atoms with Gasteiger partial charge in [-0.15, -0.1) is 0 Å². The number of nitrogens with zero attached hydrogens (tertiary/aromatic N) is 2. The van der Waals surface area contributed by atoms with Gasteiger partial charge in [0, 0.05) is 39.2 Å². The molecule has 0 bridgehead atoms. The highest BCUT2D eigenvalue weighted by molar-refractivity contribution is 5.81. The lowest BCUT2D eigenvalue weighted by atomic mass is 10.3. The highest BCUT2D eigenvalue weighted by atomic mass is 16.5. The molecule has 0 radical (unpaired) electrons. The van der Waals surface area contributed by atoms with Crippen molar-refractivity contribution in [3.63, 3.8) is 0 Å². The molecule has 2 aliphatic rings. The molecule has 6 heteroatoms. The van der Waals surface area contributed by atoms with E-state index in [9.17, 15) is 9.59 Å². The second-order valence-corrected chi connectivity index (χ2v) is 5.38. The Morgan fingerprint density at radius 3 is 2.45 bits per heavy atom. The van der Waals surface area contributed by atoms with Gasteiger partial charge in [0.1, 0.15) is 6.61 Å². The van der Waals surface area contributed by atoms with Crippen molar-refractivity contribution < 1.29 is 19.1 Å². The fourth-order valence-corrected chi connectivity index (χ4v) is 2.37. The van der Waals surface area contributed by atoms with Gasteiger partial charge >= 0.3 is 0 Å². The van der Waals surface area contributed by atoms with Crippen molar-refractivity contribution in [2.24, 2.45) is 5.92 Å². The standard InChI is InChI=1S/C14H24N2O4/c1-19-9-10-20-11-13(17)15-5-2-6-16(8-7-15)14(18)12-3-4-12/h12H,2-11H2,1H3. The molecule has 0 aromatic heterocycles. The molecule has 0 aromatic carbocycles. The van der Waals surface area contributed by atoms with Gasteiger partial charge in [-0.1, -0.05) is 0 Å². The molecule has 1 aliphatic heterocycles. The number of hydrogen-bond acceptors (Lipinski definition) is 4. The van der Waals surface area contributed by atoms with E-state index in [0.717, 1.165) is 25.8 Å². The van der Waals surface area contributed by atoms with E-state index in [-0.39, 0.29) is 24.3 Å². The third kappa shape index (κ3) is 4.45. The lowest BCUT2D eigenvalue weighted by Gasteiger charge is -2.22. The summed E-state index contributed by atoms with van der Waals surface area (Å²) >= 11 is 0. The number of hydrogen-bond donors (Lipinski definition) is 0. The predicted molar refractivity (Wildman–Crippen MR) is 73.2 cm³/mol. The quantitative estimate of drug-likeness (QED) is 0.650. The SMILES string of the molecule is COCCOCC(=O)N1CCCN(C(=O)C2CC2)CC1. The molecule has 20 heavy (non-hydrogen) atoms. The Labute approximate surface area is 120 Å². The number of rotatable bonds is 6. The zero-order valence-electron chi connectivity index (χ0n) is 12.2. The molecule has 1 heterocycles. The summed E-state index contributed by atoms with van der Waals surface area (Å²) in [5.74, 6) is 0.534. The normalized spacial score (nSPS) is 19.9. The smallest absolute Gasteiger partial charge is 0.248 e. The number of carbonyl (C=O) groups excluding carboxylic acids is 2. The third-order valence-corrected chi connectivity index (χ3v) is 3.74. The Balaban J connectivity index is 1.71. The van der Waals surface area contributed by atoms with E-state index in [4.69, 9.17) is 9.47 Å². The summed E-state index contributed by atoms with van der Waals surface area (Å²) < 4.78 is 10.1. The molecule has 0 aromatic rings. The van der Waals surface area contributed by atoms with Crippen LogP contribution in [0, 0.1) is 5.92 Å². The zero-order valence-corrected chi connectivity index (χ0v) is 12.2. The van der Waals surface area contributed by atoms with Crippen molar-refractivity contribution in [1.29, 1.82) is 0 Å². The molecule has 0 atom stereocenters. The Kier molecular flexibility index (Phi) is 5.79. The van der Waals surface area contributed by atoms with Crippen LogP contribution < -0.4 is 0 Å². The molecule has 0 N–H and O–H groups in total. The molecular formula is C14H24N2O4. The molecule has 114 valence electrons. The summed E-state index contributed by atoms with van der Waals surface area (Å²) in [5, 5.41) is 0. The topological polar surface area (TPSA) is 59.1 Å². The number of amides is 2. The summed E-state index contributed by atoms with van der Waals surface area (Å²) in [6, 6.07) is 0. The maximum absolute atomic E-state index is 12.0. The Morgan fingerprint density at radius 2 is 1.75 bits per heavy atom. The van der Waals surface area contributed by atoms with Crippen LogP contribution >= 0.6 is 0 Å². The van der Waals surface area contributed by atoms with Crippen molar-refractivity contribution in [2.75, 3.05) is 53.1 Å². The number of methoxy groups -OCH3 is 1. The first kappa shape index (κ1) is 15.3. The van der Waals surface area contributed by atoms with Crippen molar-refractivity contribution in [1.82, 2.24) is 9.80 Å². The van der Waals surface area contributed by atoms with Gasteiger partial charge in [-0.2, -0.15) is 0 Å². The Hall–Kier alpha value is -1.14. The largest absolute Gasteiger partial charge is 0.382 e. The monoisotopic (exact) mass is 284 g/mol. The van der Waals surface area contributed by atoms with E-state index in [1.165, 1.54) is 0 Å². The van der Waals surface area contributed by atoms with Crippen molar-refractivity contribution in [3.05, 3.63) is 0 Å². The highest BCUT2D eigenvalue weighted by Gasteiger charge is 2.34. The van der Waals surface area contributed by atoms with Gasteiger partial charge in [0.25, 0.3) is 0 Å². The van der Waals surface area contributed by atoms with E-state index < -0.39 is 0 Å². The van der Waals surface area contributed by atoms with Gasteiger partial charge in [0.15, 0.2) is 0 Å². The molecule has 2 amide bonds. The first-order valence-corrected chi connectivity index (χ1v) is 7.35. The minimum atomic E-state index is 0.00169. The van der Waals surface area contributed by atoms with Gasteiger partial charge in [-0.05, 0) is 19.3 Å². The fourth-order valence-electron chi connectivity index (χ4n) is 2.37. The zero-order chi connectivity index (χ0) is 14.4. The molecule has 0 unspecified atom stereocenters. The van der Waals surface area contributed by atoms with Crippen LogP contribution in [0.4, 0.5) is 0 Å². The van der Waals surface area contributed by atoms with Crippen molar-refractivity contribution >= 4 is 11.8 Å². The summed E-state index contributed by atoms with van der Waals surface area (Å²) in [6.45, 7) is 3.77. The van der Waals surface area contributed by atoms with Crippen LogP contribution in [0.25, 0.3) is 0 Å². The molecule has 6 nitrogen and oxygen atoms in total. The summed E-state index contributed by atoms with van der Waals surface area (Å²) in [7, 11) is 1.60. The summed E-state index contributed by atoms with van der Waals surface area (Å²) in [5.41, 5.74) is 0. The van der Waals surface area contributed by atoms with Crippen LogP contribution in [-0.2, 0) is 19.1 Å². The number of carbonyl (C=O) groups is 2. The van der Waals surface area contributed by atoms with E-state index >= 15 is 0 Å². The van der Waals surface area contributed by atoms with E-state index in [2.05, 4.69) is 0 Å². The first-order chi connectivity index (χ1) is 9.72. The second kappa shape index (κ2) is 7.59. The van der Waals surface area contributed by atoms with E-state index in [0.29, 0.717) is 32.8 Å². The number of ether oxygens (including phenoxy) is 2. The first-order valence-electron chi connectivity index (χ1n) is 7.35. The van der Waals surface area contributed by atoms with Gasteiger partial charge in [-0.3, -0.25) is 9.59 Å². The highest BCUT2D eigenvalue weighted by Crippen LogP contribution is 2.31. The van der Waals surface area contributed by atoms with E-state index in [1.54, 1.807) is 12.0 Å². The van der Waals surface area contributed by atoms with Gasteiger partial charge < -0.3 is 19.3 Å². The molecule has 1 aliphatic carbocycles. The average molecular weight is 284 g/mol. The van der Waals surface area contributed by atoms with Gasteiger partial charge in [-0.25, -0.2) is 0 Å². The molecule has 0 spiro atoms. The molecule has 2 rings (SSSR count). The molecule has 2 fully saturated rings. The van der Waals surface area contributed by atoms with Gasteiger partial charge in [0.05, 0.1) is 13.2 Å². The van der Waals surface area contributed by atoms with Crippen LogP contribution in [0.1, 0.15) is 19.3 Å².